The molecule has 0 aromatic carbocycles. The molecule has 0 saturated heterocycles. The number of nitrogens with zero attached hydrogens (tertiary/aromatic N) is 2. The summed E-state index contributed by atoms with van der Waals surface area (Å²) in [4.78, 5) is 29.5. The van der Waals surface area contributed by atoms with Gasteiger partial charge in [0.05, 0.1) is 0 Å². The normalized spacial score (nSPS) is 26.7. The second-order valence-corrected chi connectivity index (χ2v) is 9.34. The summed E-state index contributed by atoms with van der Waals surface area (Å²) in [5.41, 5.74) is -0.539. The van der Waals surface area contributed by atoms with Gasteiger partial charge in [0.25, 0.3) is 0 Å². The summed E-state index contributed by atoms with van der Waals surface area (Å²) in [6.45, 7) is 2.46. The molecule has 3 aliphatic rings. The molecule has 3 aliphatic carbocycles. The third kappa shape index (κ3) is 4.81. The van der Waals surface area contributed by atoms with Crippen molar-refractivity contribution >= 4 is 11.8 Å². The third-order valence-corrected chi connectivity index (χ3v) is 7.01. The third-order valence-electron chi connectivity index (χ3n) is 7.01. The number of nitrogens with one attached hydrogen (secondary N) is 2. The molecule has 0 unspecified atom stereocenters. The van der Waals surface area contributed by atoms with Crippen molar-refractivity contribution in [2.45, 2.75) is 95.4 Å². The van der Waals surface area contributed by atoms with Gasteiger partial charge < -0.3 is 15.2 Å². The standard InChI is InChI=1S/C22H34N4O3/c1-15-14-17(15)19(28)23-13-10-18(27)25-22(11-6-2-3-7-12-22)21-24-20(29-26-21)16-8-4-5-9-16/h15-17H,2-14H2,1H3,(H,23,28)(H,25,27)/t15-,17-/m1/s1. The highest BCUT2D eigenvalue weighted by Crippen LogP contribution is 2.38. The van der Waals surface area contributed by atoms with Crippen LogP contribution in [-0.4, -0.2) is 28.5 Å². The van der Waals surface area contributed by atoms with Gasteiger partial charge in [-0.1, -0.05) is 50.6 Å². The zero-order chi connectivity index (χ0) is 20.3. The summed E-state index contributed by atoms with van der Waals surface area (Å²) in [6, 6.07) is 0. The summed E-state index contributed by atoms with van der Waals surface area (Å²) < 4.78 is 5.64. The van der Waals surface area contributed by atoms with Gasteiger partial charge in [0.15, 0.2) is 5.82 Å². The molecule has 1 aromatic rings. The minimum Gasteiger partial charge on any atom is -0.355 e. The van der Waals surface area contributed by atoms with Crippen LogP contribution in [0.2, 0.25) is 0 Å². The monoisotopic (exact) mass is 402 g/mol. The number of aromatic nitrogens is 2. The lowest BCUT2D eigenvalue weighted by Gasteiger charge is -2.30. The molecular weight excluding hydrogens is 368 g/mol. The fraction of sp³-hybridized carbons (Fsp3) is 0.818. The Kier molecular flexibility index (Phi) is 6.20. The molecule has 1 heterocycles. The van der Waals surface area contributed by atoms with Crippen LogP contribution in [0, 0.1) is 11.8 Å². The molecule has 1 aromatic heterocycles. The predicted octanol–water partition coefficient (Wildman–Crippen LogP) is 3.56. The van der Waals surface area contributed by atoms with Crippen LogP contribution < -0.4 is 10.6 Å². The first-order chi connectivity index (χ1) is 14.1. The van der Waals surface area contributed by atoms with E-state index in [-0.39, 0.29) is 24.2 Å². The lowest BCUT2D eigenvalue weighted by molar-refractivity contribution is -0.124. The Morgan fingerprint density at radius 1 is 1.10 bits per heavy atom. The molecule has 0 spiro atoms. The summed E-state index contributed by atoms with van der Waals surface area (Å²) in [6.07, 6.45) is 12.0. The van der Waals surface area contributed by atoms with Crippen molar-refractivity contribution in [2.24, 2.45) is 11.8 Å². The largest absolute Gasteiger partial charge is 0.355 e. The summed E-state index contributed by atoms with van der Waals surface area (Å²) >= 11 is 0. The van der Waals surface area contributed by atoms with Crippen LogP contribution in [0.5, 0.6) is 0 Å². The minimum atomic E-state index is -0.539. The van der Waals surface area contributed by atoms with E-state index in [1.807, 2.05) is 0 Å². The van der Waals surface area contributed by atoms with Gasteiger partial charge in [0, 0.05) is 24.8 Å². The number of rotatable bonds is 7. The van der Waals surface area contributed by atoms with Gasteiger partial charge in [-0.05, 0) is 38.0 Å². The van der Waals surface area contributed by atoms with Gasteiger partial charge in [0.2, 0.25) is 17.7 Å². The van der Waals surface area contributed by atoms with E-state index in [9.17, 15) is 9.59 Å². The van der Waals surface area contributed by atoms with Gasteiger partial charge in [-0.2, -0.15) is 4.98 Å². The van der Waals surface area contributed by atoms with Crippen LogP contribution in [0.25, 0.3) is 0 Å². The molecule has 3 saturated carbocycles. The van der Waals surface area contributed by atoms with Gasteiger partial charge >= 0.3 is 0 Å². The average Bonchev–Trinajstić information content (AvgIpc) is 3.09. The van der Waals surface area contributed by atoms with Crippen LogP contribution in [-0.2, 0) is 15.1 Å². The SMILES string of the molecule is C[C@@H]1C[C@H]1C(=O)NCCC(=O)NC1(c2noc(C3CCCC3)n2)CCCCCC1. The molecule has 160 valence electrons. The first kappa shape index (κ1) is 20.4. The van der Waals surface area contributed by atoms with E-state index in [1.165, 1.54) is 25.7 Å². The van der Waals surface area contributed by atoms with E-state index in [0.29, 0.717) is 24.2 Å². The van der Waals surface area contributed by atoms with Gasteiger partial charge in [-0.25, -0.2) is 0 Å². The molecule has 4 rings (SSSR count). The van der Waals surface area contributed by atoms with Crippen molar-refractivity contribution in [1.82, 2.24) is 20.8 Å². The van der Waals surface area contributed by atoms with Crippen molar-refractivity contribution in [1.29, 1.82) is 0 Å². The second-order valence-electron chi connectivity index (χ2n) is 9.34. The van der Waals surface area contributed by atoms with E-state index in [4.69, 9.17) is 9.51 Å². The molecule has 3 fully saturated rings. The van der Waals surface area contributed by atoms with Crippen LogP contribution in [0.4, 0.5) is 0 Å². The summed E-state index contributed by atoms with van der Waals surface area (Å²) in [5.74, 6) is 2.39. The number of hydrogen-bond acceptors (Lipinski definition) is 5. The van der Waals surface area contributed by atoms with Gasteiger partial charge in [0.1, 0.15) is 5.54 Å². The van der Waals surface area contributed by atoms with Crippen molar-refractivity contribution < 1.29 is 14.1 Å². The first-order valence-electron chi connectivity index (χ1n) is 11.5. The average molecular weight is 403 g/mol. The van der Waals surface area contributed by atoms with Crippen molar-refractivity contribution in [3.8, 4) is 0 Å². The number of carbonyl (C=O) groups excluding carboxylic acids is 2. The Hall–Kier alpha value is -1.92. The van der Waals surface area contributed by atoms with E-state index in [0.717, 1.165) is 50.8 Å². The van der Waals surface area contributed by atoms with Gasteiger partial charge in [-0.3, -0.25) is 9.59 Å². The first-order valence-corrected chi connectivity index (χ1v) is 11.5. The molecule has 7 heteroatoms. The molecule has 2 amide bonds. The number of hydrogen-bond donors (Lipinski definition) is 2. The summed E-state index contributed by atoms with van der Waals surface area (Å²) in [5, 5.41) is 10.5. The molecule has 0 radical (unpaired) electrons. The highest BCUT2D eigenvalue weighted by Gasteiger charge is 2.40. The number of carbonyl (C=O) groups is 2. The molecular formula is C22H34N4O3. The highest BCUT2D eigenvalue weighted by atomic mass is 16.5. The fourth-order valence-electron chi connectivity index (χ4n) is 4.95. The smallest absolute Gasteiger partial charge is 0.229 e. The zero-order valence-corrected chi connectivity index (χ0v) is 17.5. The lowest BCUT2D eigenvalue weighted by Crippen LogP contribution is -2.47. The Labute approximate surface area is 172 Å². The lowest BCUT2D eigenvalue weighted by atomic mass is 9.89. The fourth-order valence-corrected chi connectivity index (χ4v) is 4.95. The van der Waals surface area contributed by atoms with E-state index in [2.05, 4.69) is 22.7 Å². The van der Waals surface area contributed by atoms with Crippen LogP contribution in [0.15, 0.2) is 4.52 Å². The molecule has 2 atom stereocenters. The predicted molar refractivity (Wildman–Crippen MR) is 108 cm³/mol. The molecule has 2 N–H and O–H groups in total. The number of amides is 2. The molecule has 7 nitrogen and oxygen atoms in total. The second kappa shape index (κ2) is 8.84. The van der Waals surface area contributed by atoms with E-state index < -0.39 is 5.54 Å². The Bertz CT molecular complexity index is 717. The minimum absolute atomic E-state index is 0.0525. The van der Waals surface area contributed by atoms with E-state index in [1.54, 1.807) is 0 Å². The topological polar surface area (TPSA) is 97.1 Å². The Balaban J connectivity index is 1.39. The quantitative estimate of drug-likeness (QED) is 0.680. The van der Waals surface area contributed by atoms with Crippen LogP contribution >= 0.6 is 0 Å². The highest BCUT2D eigenvalue weighted by molar-refractivity contribution is 5.82. The van der Waals surface area contributed by atoms with Crippen molar-refractivity contribution in [3.05, 3.63) is 11.7 Å². The Morgan fingerprint density at radius 3 is 2.45 bits per heavy atom. The van der Waals surface area contributed by atoms with Crippen molar-refractivity contribution in [3.63, 3.8) is 0 Å². The molecule has 0 aliphatic heterocycles. The van der Waals surface area contributed by atoms with Crippen LogP contribution in [0.1, 0.15) is 102 Å². The molecule has 29 heavy (non-hydrogen) atoms. The maximum Gasteiger partial charge on any atom is 0.229 e. The van der Waals surface area contributed by atoms with E-state index >= 15 is 0 Å². The van der Waals surface area contributed by atoms with Crippen molar-refractivity contribution in [2.75, 3.05) is 6.54 Å². The Morgan fingerprint density at radius 2 is 1.79 bits per heavy atom. The summed E-state index contributed by atoms with van der Waals surface area (Å²) in [7, 11) is 0. The van der Waals surface area contributed by atoms with Crippen LogP contribution in [0.3, 0.4) is 0 Å². The maximum absolute atomic E-state index is 12.7. The molecule has 0 bridgehead atoms. The van der Waals surface area contributed by atoms with Gasteiger partial charge in [-0.15, -0.1) is 0 Å². The maximum atomic E-state index is 12.7. The zero-order valence-electron chi connectivity index (χ0n) is 17.5.